The monoisotopic (exact) mass is 393 g/mol. The molecule has 1 aromatic carbocycles. The number of sulfonamides is 1. The summed E-state index contributed by atoms with van der Waals surface area (Å²) in [4.78, 5) is 16.3. The minimum Gasteiger partial charge on any atom is -0.380 e. The van der Waals surface area contributed by atoms with Gasteiger partial charge in [-0.25, -0.2) is 8.42 Å². The Bertz CT molecular complexity index is 827. The molecule has 0 N–H and O–H groups in total. The van der Waals surface area contributed by atoms with Crippen molar-refractivity contribution < 1.29 is 17.9 Å². The van der Waals surface area contributed by atoms with E-state index in [1.54, 1.807) is 34.3 Å². The first-order valence-electron chi connectivity index (χ1n) is 9.62. The van der Waals surface area contributed by atoms with Crippen LogP contribution in [-0.4, -0.2) is 75.0 Å². The Morgan fingerprint density at radius 3 is 2.56 bits per heavy atom. The second-order valence-electron chi connectivity index (χ2n) is 7.69. The summed E-state index contributed by atoms with van der Waals surface area (Å²) in [6, 6.07) is 5.65. The predicted octanol–water partition coefficient (Wildman–Crippen LogP) is 1.08. The predicted molar refractivity (Wildman–Crippen MR) is 102 cm³/mol. The third-order valence-electron chi connectivity index (χ3n) is 5.94. The number of fused-ring (bicyclic) bond motifs is 1. The van der Waals surface area contributed by atoms with E-state index in [0.29, 0.717) is 30.4 Å². The van der Waals surface area contributed by atoms with Crippen molar-refractivity contribution in [2.75, 3.05) is 44.3 Å². The number of nitrogens with zero attached hydrogens (tertiary/aromatic N) is 3. The van der Waals surface area contributed by atoms with Crippen LogP contribution >= 0.6 is 0 Å². The zero-order chi connectivity index (χ0) is 19.2. The van der Waals surface area contributed by atoms with Crippen LogP contribution in [0.5, 0.6) is 0 Å². The summed E-state index contributed by atoms with van der Waals surface area (Å²) in [6.45, 7) is 7.58. The summed E-state index contributed by atoms with van der Waals surface area (Å²) >= 11 is 0. The highest BCUT2D eigenvalue weighted by Gasteiger charge is 2.34. The second-order valence-corrected chi connectivity index (χ2v) is 9.63. The van der Waals surface area contributed by atoms with Crippen LogP contribution in [0.15, 0.2) is 23.1 Å². The number of anilines is 1. The van der Waals surface area contributed by atoms with Crippen LogP contribution in [0, 0.1) is 0 Å². The standard InChI is InChI=1S/C19H27N3O4S/c1-14-11-16-12-18(3-4-19(16)22(14)15(2)23)27(24,25)21-8-6-20(7-9-21)17-5-10-26-13-17/h3-4,12,14,17H,5-11,13H2,1-2H3. The lowest BCUT2D eigenvalue weighted by Gasteiger charge is -2.36. The molecule has 3 aliphatic heterocycles. The molecule has 2 fully saturated rings. The fourth-order valence-electron chi connectivity index (χ4n) is 4.52. The van der Waals surface area contributed by atoms with Crippen LogP contribution in [0.25, 0.3) is 0 Å². The van der Waals surface area contributed by atoms with E-state index in [2.05, 4.69) is 4.90 Å². The molecule has 148 valence electrons. The van der Waals surface area contributed by atoms with E-state index in [0.717, 1.165) is 44.0 Å². The van der Waals surface area contributed by atoms with Gasteiger partial charge in [0.05, 0.1) is 11.5 Å². The molecule has 4 rings (SSSR count). The van der Waals surface area contributed by atoms with Crippen LogP contribution in [0.4, 0.5) is 5.69 Å². The topological polar surface area (TPSA) is 70.2 Å². The molecule has 2 unspecified atom stereocenters. The molecule has 0 saturated carbocycles. The van der Waals surface area contributed by atoms with Crippen molar-refractivity contribution in [3.63, 3.8) is 0 Å². The van der Waals surface area contributed by atoms with Crippen LogP contribution in [0.2, 0.25) is 0 Å². The maximum absolute atomic E-state index is 13.1. The SMILES string of the molecule is CC(=O)N1c2ccc(S(=O)(=O)N3CCN(C4CCOC4)CC3)cc2CC1C. The molecule has 27 heavy (non-hydrogen) atoms. The van der Waals surface area contributed by atoms with E-state index >= 15 is 0 Å². The number of amides is 1. The Morgan fingerprint density at radius 1 is 1.19 bits per heavy atom. The first kappa shape index (κ1) is 18.9. The fourth-order valence-corrected chi connectivity index (χ4v) is 5.99. The lowest BCUT2D eigenvalue weighted by atomic mass is 10.1. The second kappa shape index (κ2) is 7.16. The summed E-state index contributed by atoms with van der Waals surface area (Å²) in [5.41, 5.74) is 1.76. The van der Waals surface area contributed by atoms with Crippen LogP contribution < -0.4 is 4.90 Å². The third-order valence-corrected chi connectivity index (χ3v) is 7.83. The van der Waals surface area contributed by atoms with Gasteiger partial charge in [0, 0.05) is 57.5 Å². The molecule has 0 aromatic heterocycles. The smallest absolute Gasteiger partial charge is 0.243 e. The van der Waals surface area contributed by atoms with E-state index in [4.69, 9.17) is 4.74 Å². The van der Waals surface area contributed by atoms with Crippen molar-refractivity contribution in [3.05, 3.63) is 23.8 Å². The molecule has 1 aromatic rings. The molecule has 7 nitrogen and oxygen atoms in total. The zero-order valence-corrected chi connectivity index (χ0v) is 16.7. The Hall–Kier alpha value is -1.48. The van der Waals surface area contributed by atoms with Crippen LogP contribution in [0.3, 0.4) is 0 Å². The van der Waals surface area contributed by atoms with Gasteiger partial charge in [-0.1, -0.05) is 0 Å². The number of carbonyl (C=O) groups excluding carboxylic acids is 1. The quantitative estimate of drug-likeness (QED) is 0.769. The van der Waals surface area contributed by atoms with Crippen molar-refractivity contribution in [1.29, 1.82) is 0 Å². The molecular weight excluding hydrogens is 366 g/mol. The van der Waals surface area contributed by atoms with Gasteiger partial charge in [0.25, 0.3) is 0 Å². The number of hydrogen-bond donors (Lipinski definition) is 0. The minimum absolute atomic E-state index is 0.0103. The minimum atomic E-state index is -3.51. The van der Waals surface area contributed by atoms with Crippen molar-refractivity contribution in [2.45, 2.75) is 43.7 Å². The highest BCUT2D eigenvalue weighted by atomic mass is 32.2. The highest BCUT2D eigenvalue weighted by Crippen LogP contribution is 2.34. The van der Waals surface area contributed by atoms with E-state index in [9.17, 15) is 13.2 Å². The molecule has 2 atom stereocenters. The summed E-state index contributed by atoms with van der Waals surface area (Å²) in [5.74, 6) is -0.0103. The van der Waals surface area contributed by atoms with Gasteiger partial charge in [-0.15, -0.1) is 0 Å². The zero-order valence-electron chi connectivity index (χ0n) is 15.9. The molecule has 1 amide bonds. The van der Waals surface area contributed by atoms with Crippen molar-refractivity contribution in [3.8, 4) is 0 Å². The lowest BCUT2D eigenvalue weighted by molar-refractivity contribution is -0.116. The Kier molecular flexibility index (Phi) is 5.00. The largest absolute Gasteiger partial charge is 0.380 e. The van der Waals surface area contributed by atoms with E-state index in [1.165, 1.54) is 0 Å². The third kappa shape index (κ3) is 3.40. The van der Waals surface area contributed by atoms with Gasteiger partial charge in [-0.2, -0.15) is 4.31 Å². The first-order valence-corrected chi connectivity index (χ1v) is 11.1. The van der Waals surface area contributed by atoms with Crippen LogP contribution in [-0.2, 0) is 26.0 Å². The summed E-state index contributed by atoms with van der Waals surface area (Å²) in [5, 5.41) is 0. The number of ether oxygens (including phenoxy) is 1. The molecule has 8 heteroatoms. The average molecular weight is 394 g/mol. The normalized spacial score (nSPS) is 27.1. The van der Waals surface area contributed by atoms with Gasteiger partial charge in [0.15, 0.2) is 0 Å². The molecule has 0 radical (unpaired) electrons. The number of piperazine rings is 1. The van der Waals surface area contributed by atoms with Gasteiger partial charge in [0.1, 0.15) is 0 Å². The molecular formula is C19H27N3O4S. The molecule has 0 aliphatic carbocycles. The molecule has 0 spiro atoms. The molecule has 3 heterocycles. The molecule has 2 saturated heterocycles. The van der Waals surface area contributed by atoms with Crippen molar-refractivity contribution in [1.82, 2.24) is 9.21 Å². The van der Waals surface area contributed by atoms with E-state index in [1.807, 2.05) is 6.92 Å². The number of rotatable bonds is 3. The molecule has 3 aliphatic rings. The maximum atomic E-state index is 13.1. The van der Waals surface area contributed by atoms with E-state index in [-0.39, 0.29) is 11.9 Å². The van der Waals surface area contributed by atoms with E-state index < -0.39 is 10.0 Å². The summed E-state index contributed by atoms with van der Waals surface area (Å²) < 4.78 is 33.3. The van der Waals surface area contributed by atoms with Gasteiger partial charge >= 0.3 is 0 Å². The highest BCUT2D eigenvalue weighted by molar-refractivity contribution is 7.89. The van der Waals surface area contributed by atoms with Gasteiger partial charge in [-0.05, 0) is 43.5 Å². The Morgan fingerprint density at radius 2 is 1.93 bits per heavy atom. The fraction of sp³-hybridized carbons (Fsp3) is 0.632. The van der Waals surface area contributed by atoms with Crippen LogP contribution in [0.1, 0.15) is 25.8 Å². The maximum Gasteiger partial charge on any atom is 0.243 e. The first-order chi connectivity index (χ1) is 12.9. The number of carbonyl (C=O) groups is 1. The summed E-state index contributed by atoms with van der Waals surface area (Å²) in [6.07, 6.45) is 1.72. The van der Waals surface area contributed by atoms with Gasteiger partial charge < -0.3 is 9.64 Å². The van der Waals surface area contributed by atoms with Gasteiger partial charge in [0.2, 0.25) is 15.9 Å². The van der Waals surface area contributed by atoms with Crippen molar-refractivity contribution in [2.24, 2.45) is 0 Å². The van der Waals surface area contributed by atoms with Gasteiger partial charge in [-0.3, -0.25) is 9.69 Å². The number of benzene rings is 1. The number of hydrogen-bond acceptors (Lipinski definition) is 5. The van der Waals surface area contributed by atoms with Crippen molar-refractivity contribution >= 4 is 21.6 Å². The average Bonchev–Trinajstić information content (AvgIpc) is 3.28. The molecule has 0 bridgehead atoms. The Balaban J connectivity index is 1.50. The Labute approximate surface area is 160 Å². The summed E-state index contributed by atoms with van der Waals surface area (Å²) in [7, 11) is -3.51. The lowest BCUT2D eigenvalue weighted by Crippen LogP contribution is -2.52.